The monoisotopic (exact) mass is 291 g/mol. The molecular formula is C15H21N3O3. The molecule has 1 aliphatic rings. The van der Waals surface area contributed by atoms with E-state index < -0.39 is 0 Å². The van der Waals surface area contributed by atoms with Crippen molar-refractivity contribution in [2.45, 2.75) is 6.92 Å². The fraction of sp³-hybridized carbons (Fsp3) is 0.467. The van der Waals surface area contributed by atoms with Crippen molar-refractivity contribution in [1.82, 2.24) is 5.32 Å². The molecule has 0 saturated carbocycles. The molecular weight excluding hydrogens is 270 g/mol. The van der Waals surface area contributed by atoms with E-state index in [4.69, 9.17) is 4.74 Å². The van der Waals surface area contributed by atoms with Gasteiger partial charge in [0.15, 0.2) is 0 Å². The Bertz CT molecular complexity index is 497. The smallest absolute Gasteiger partial charge is 0.250 e. The molecule has 0 radical (unpaired) electrons. The van der Waals surface area contributed by atoms with Crippen LogP contribution < -0.4 is 16.0 Å². The highest BCUT2D eigenvalue weighted by molar-refractivity contribution is 5.94. The second-order valence-corrected chi connectivity index (χ2v) is 5.25. The fourth-order valence-corrected chi connectivity index (χ4v) is 2.10. The molecule has 1 aliphatic heterocycles. The predicted molar refractivity (Wildman–Crippen MR) is 81.1 cm³/mol. The van der Waals surface area contributed by atoms with Gasteiger partial charge in [0.2, 0.25) is 11.8 Å². The van der Waals surface area contributed by atoms with Crippen LogP contribution in [0.1, 0.15) is 6.92 Å². The van der Waals surface area contributed by atoms with E-state index in [0.717, 1.165) is 18.8 Å². The molecule has 0 aliphatic carbocycles. The van der Waals surface area contributed by atoms with Crippen LogP contribution in [-0.2, 0) is 14.3 Å². The van der Waals surface area contributed by atoms with Gasteiger partial charge in [-0.2, -0.15) is 0 Å². The third-order valence-electron chi connectivity index (χ3n) is 3.65. The summed E-state index contributed by atoms with van der Waals surface area (Å²) in [5.41, 5.74) is 1.40. The van der Waals surface area contributed by atoms with Crippen LogP contribution in [0.25, 0.3) is 0 Å². The topological polar surface area (TPSA) is 79.5 Å². The number of methoxy groups -OCH3 is 1. The number of amides is 2. The molecule has 114 valence electrons. The van der Waals surface area contributed by atoms with Crippen LogP contribution in [-0.4, -0.2) is 38.6 Å². The van der Waals surface area contributed by atoms with Crippen molar-refractivity contribution in [1.29, 1.82) is 0 Å². The maximum atomic E-state index is 12.1. The molecule has 0 spiro atoms. The summed E-state index contributed by atoms with van der Waals surface area (Å²) in [6.07, 6.45) is 0. The van der Waals surface area contributed by atoms with E-state index in [9.17, 15) is 9.59 Å². The summed E-state index contributed by atoms with van der Waals surface area (Å²) in [6, 6.07) is 7.04. The van der Waals surface area contributed by atoms with Gasteiger partial charge in [-0.3, -0.25) is 9.59 Å². The van der Waals surface area contributed by atoms with Gasteiger partial charge in [0.1, 0.15) is 6.61 Å². The molecule has 1 atom stereocenters. The number of anilines is 2. The van der Waals surface area contributed by atoms with Gasteiger partial charge in [0.25, 0.3) is 0 Å². The first-order valence-corrected chi connectivity index (χ1v) is 7.00. The lowest BCUT2D eigenvalue weighted by atomic mass is 9.88. The zero-order valence-electron chi connectivity index (χ0n) is 12.3. The van der Waals surface area contributed by atoms with E-state index in [2.05, 4.69) is 16.0 Å². The molecule has 1 aromatic carbocycles. The minimum absolute atomic E-state index is 0.00710. The SMILES string of the molecule is COCC(=O)Nc1ccc(NC(=O)C(C)C2CNC2)cc1. The Morgan fingerprint density at radius 3 is 2.29 bits per heavy atom. The fourth-order valence-electron chi connectivity index (χ4n) is 2.10. The van der Waals surface area contributed by atoms with Crippen LogP contribution in [0.15, 0.2) is 24.3 Å². The van der Waals surface area contributed by atoms with Crippen LogP contribution in [0.4, 0.5) is 11.4 Å². The molecule has 1 fully saturated rings. The Morgan fingerprint density at radius 2 is 1.81 bits per heavy atom. The van der Waals surface area contributed by atoms with Crippen LogP contribution in [0.3, 0.4) is 0 Å². The van der Waals surface area contributed by atoms with E-state index in [1.165, 1.54) is 7.11 Å². The van der Waals surface area contributed by atoms with Gasteiger partial charge in [-0.25, -0.2) is 0 Å². The molecule has 3 N–H and O–H groups in total. The van der Waals surface area contributed by atoms with Gasteiger partial charge < -0.3 is 20.7 Å². The Kier molecular flexibility index (Phi) is 5.30. The van der Waals surface area contributed by atoms with Crippen molar-refractivity contribution in [2.75, 3.05) is 37.4 Å². The summed E-state index contributed by atoms with van der Waals surface area (Å²) in [5, 5.41) is 8.76. The van der Waals surface area contributed by atoms with Gasteiger partial charge in [0, 0.05) is 24.4 Å². The number of ether oxygens (including phenoxy) is 1. The van der Waals surface area contributed by atoms with Crippen molar-refractivity contribution in [2.24, 2.45) is 11.8 Å². The quantitative estimate of drug-likeness (QED) is 0.732. The van der Waals surface area contributed by atoms with E-state index in [0.29, 0.717) is 11.6 Å². The minimum Gasteiger partial charge on any atom is -0.375 e. The maximum absolute atomic E-state index is 12.1. The highest BCUT2D eigenvalue weighted by atomic mass is 16.5. The predicted octanol–water partition coefficient (Wildman–Crippen LogP) is 1.07. The number of hydrogen-bond donors (Lipinski definition) is 3. The van der Waals surface area contributed by atoms with Gasteiger partial charge in [-0.1, -0.05) is 6.92 Å². The third kappa shape index (κ3) is 4.27. The number of hydrogen-bond acceptors (Lipinski definition) is 4. The molecule has 0 bridgehead atoms. The van der Waals surface area contributed by atoms with E-state index in [1.807, 2.05) is 6.92 Å². The van der Waals surface area contributed by atoms with Crippen LogP contribution in [0.2, 0.25) is 0 Å². The molecule has 1 unspecified atom stereocenters. The zero-order valence-corrected chi connectivity index (χ0v) is 12.3. The highest BCUT2D eigenvalue weighted by Gasteiger charge is 2.28. The first-order chi connectivity index (χ1) is 10.1. The van der Waals surface area contributed by atoms with Crippen molar-refractivity contribution in [3.05, 3.63) is 24.3 Å². The largest absolute Gasteiger partial charge is 0.375 e. The van der Waals surface area contributed by atoms with E-state index in [-0.39, 0.29) is 24.3 Å². The normalized spacial score (nSPS) is 15.9. The van der Waals surface area contributed by atoms with Crippen molar-refractivity contribution < 1.29 is 14.3 Å². The summed E-state index contributed by atoms with van der Waals surface area (Å²) in [7, 11) is 1.47. The lowest BCUT2D eigenvalue weighted by Crippen LogP contribution is -2.48. The summed E-state index contributed by atoms with van der Waals surface area (Å²) < 4.78 is 4.74. The molecule has 6 nitrogen and oxygen atoms in total. The second kappa shape index (κ2) is 7.19. The number of benzene rings is 1. The van der Waals surface area contributed by atoms with E-state index in [1.54, 1.807) is 24.3 Å². The second-order valence-electron chi connectivity index (χ2n) is 5.25. The molecule has 0 aromatic heterocycles. The maximum Gasteiger partial charge on any atom is 0.250 e. The summed E-state index contributed by atoms with van der Waals surface area (Å²) in [6.45, 7) is 3.77. The number of carbonyl (C=O) groups is 2. The molecule has 1 heterocycles. The number of carbonyl (C=O) groups excluding carboxylic acids is 2. The molecule has 2 amide bonds. The molecule has 1 aromatic rings. The summed E-state index contributed by atoms with van der Waals surface area (Å²) in [5.74, 6) is 0.225. The Labute approximate surface area is 124 Å². The van der Waals surface area contributed by atoms with E-state index >= 15 is 0 Å². The van der Waals surface area contributed by atoms with Crippen LogP contribution in [0.5, 0.6) is 0 Å². The third-order valence-corrected chi connectivity index (χ3v) is 3.65. The van der Waals surface area contributed by atoms with Crippen molar-refractivity contribution in [3.8, 4) is 0 Å². The average Bonchev–Trinajstić information content (AvgIpc) is 2.39. The van der Waals surface area contributed by atoms with Gasteiger partial charge in [-0.15, -0.1) is 0 Å². The molecule has 6 heteroatoms. The number of nitrogens with one attached hydrogen (secondary N) is 3. The average molecular weight is 291 g/mol. The minimum atomic E-state index is -0.208. The summed E-state index contributed by atoms with van der Waals surface area (Å²) >= 11 is 0. The molecule has 21 heavy (non-hydrogen) atoms. The Balaban J connectivity index is 1.86. The first kappa shape index (κ1) is 15.5. The Hall–Kier alpha value is -1.92. The van der Waals surface area contributed by atoms with Gasteiger partial charge in [0.05, 0.1) is 0 Å². The highest BCUT2D eigenvalue weighted by Crippen LogP contribution is 2.19. The van der Waals surface area contributed by atoms with Crippen molar-refractivity contribution in [3.63, 3.8) is 0 Å². The first-order valence-electron chi connectivity index (χ1n) is 7.00. The lowest BCUT2D eigenvalue weighted by molar-refractivity contribution is -0.121. The number of rotatable bonds is 6. The van der Waals surface area contributed by atoms with Crippen LogP contribution >= 0.6 is 0 Å². The lowest BCUT2D eigenvalue weighted by Gasteiger charge is -2.31. The zero-order chi connectivity index (χ0) is 15.2. The van der Waals surface area contributed by atoms with Crippen molar-refractivity contribution >= 4 is 23.2 Å². The molecule has 2 rings (SSSR count). The Morgan fingerprint density at radius 1 is 1.24 bits per heavy atom. The molecule has 1 saturated heterocycles. The summed E-state index contributed by atoms with van der Waals surface area (Å²) in [4.78, 5) is 23.4. The van der Waals surface area contributed by atoms with Crippen LogP contribution in [0, 0.1) is 11.8 Å². The standard InChI is InChI=1S/C15H21N3O3/c1-10(11-7-16-8-11)15(20)18-13-5-3-12(4-6-13)17-14(19)9-21-2/h3-6,10-11,16H,7-9H2,1-2H3,(H,17,19)(H,18,20). The van der Waals surface area contributed by atoms with Gasteiger partial charge >= 0.3 is 0 Å². The van der Waals surface area contributed by atoms with Gasteiger partial charge in [-0.05, 0) is 43.3 Å².